The standard InChI is InChI=1S/C42H30N2O2S/c43-35-23-21-31(25-33(35)39(45)29-17-9-3-10-18-29)41-37(27-13-5-1-6-14-27)38(28-15-7-2-8-16-28)42(47-41)32-22-24-36(44)34(26-32)40(46)30-19-11-4-12-20-30/h1-26H,43-44H2. The number of nitrogens with two attached hydrogens (primary N) is 2. The van der Waals surface area contributed by atoms with Gasteiger partial charge in [-0.2, -0.15) is 0 Å². The number of carbonyl (C=O) groups is 2. The molecule has 5 heteroatoms. The molecule has 7 aromatic rings. The van der Waals surface area contributed by atoms with Crippen molar-refractivity contribution in [2.75, 3.05) is 11.5 Å². The Morgan fingerprint density at radius 2 is 0.745 bits per heavy atom. The van der Waals surface area contributed by atoms with E-state index in [2.05, 4.69) is 24.3 Å². The molecule has 0 aliphatic carbocycles. The van der Waals surface area contributed by atoms with Crippen molar-refractivity contribution in [1.82, 2.24) is 0 Å². The minimum absolute atomic E-state index is 0.131. The Morgan fingerprint density at radius 3 is 1.11 bits per heavy atom. The molecule has 6 aromatic carbocycles. The molecule has 0 aliphatic heterocycles. The van der Waals surface area contributed by atoms with Crippen molar-refractivity contribution in [2.45, 2.75) is 0 Å². The molecule has 0 spiro atoms. The Kier molecular flexibility index (Phi) is 8.05. The predicted octanol–water partition coefficient (Wildman–Crippen LogP) is 10.0. The number of carbonyl (C=O) groups excluding carboxylic acids is 2. The first kappa shape index (κ1) is 29.7. The molecule has 4 N–H and O–H groups in total. The van der Waals surface area contributed by atoms with Gasteiger partial charge >= 0.3 is 0 Å². The van der Waals surface area contributed by atoms with Crippen LogP contribution in [0.25, 0.3) is 43.1 Å². The van der Waals surface area contributed by atoms with E-state index in [1.54, 1.807) is 35.6 Å². The van der Waals surface area contributed by atoms with E-state index in [-0.39, 0.29) is 11.6 Å². The summed E-state index contributed by atoms with van der Waals surface area (Å²) < 4.78 is 0. The van der Waals surface area contributed by atoms with Gasteiger partial charge in [-0.1, -0.05) is 133 Å². The van der Waals surface area contributed by atoms with Crippen molar-refractivity contribution < 1.29 is 9.59 Å². The first-order valence-electron chi connectivity index (χ1n) is 15.3. The highest BCUT2D eigenvalue weighted by molar-refractivity contribution is 7.20. The molecule has 226 valence electrons. The molecule has 1 aromatic heterocycles. The molecule has 0 amide bonds. The molecule has 4 nitrogen and oxygen atoms in total. The number of hydrogen-bond donors (Lipinski definition) is 2. The zero-order valence-corrected chi connectivity index (χ0v) is 26.2. The summed E-state index contributed by atoms with van der Waals surface area (Å²) in [6.45, 7) is 0. The van der Waals surface area contributed by atoms with Gasteiger partial charge in [-0.05, 0) is 46.5 Å². The Balaban J connectivity index is 1.48. The van der Waals surface area contributed by atoms with Crippen molar-refractivity contribution in [3.05, 3.63) is 180 Å². The van der Waals surface area contributed by atoms with Crippen LogP contribution in [0.4, 0.5) is 11.4 Å². The first-order chi connectivity index (χ1) is 23.0. The minimum atomic E-state index is -0.131. The predicted molar refractivity (Wildman–Crippen MR) is 195 cm³/mol. The van der Waals surface area contributed by atoms with E-state index in [0.717, 1.165) is 43.1 Å². The molecule has 0 atom stereocenters. The van der Waals surface area contributed by atoms with Gasteiger partial charge in [0.05, 0.1) is 0 Å². The topological polar surface area (TPSA) is 86.2 Å². The fourth-order valence-corrected chi connectivity index (χ4v) is 7.21. The molecule has 1 heterocycles. The molecule has 0 saturated carbocycles. The Hall–Kier alpha value is -6.04. The lowest BCUT2D eigenvalue weighted by Crippen LogP contribution is -2.05. The summed E-state index contributed by atoms with van der Waals surface area (Å²) in [4.78, 5) is 29.3. The molecule has 0 bridgehead atoms. The van der Waals surface area contributed by atoms with Crippen LogP contribution in [0.5, 0.6) is 0 Å². The van der Waals surface area contributed by atoms with Crippen LogP contribution in [0.2, 0.25) is 0 Å². The molecular weight excluding hydrogens is 597 g/mol. The van der Waals surface area contributed by atoms with Crippen LogP contribution in [-0.4, -0.2) is 11.6 Å². The maximum Gasteiger partial charge on any atom is 0.195 e. The van der Waals surface area contributed by atoms with E-state index in [4.69, 9.17) is 11.5 Å². The van der Waals surface area contributed by atoms with Gasteiger partial charge in [0.25, 0.3) is 0 Å². The molecule has 0 radical (unpaired) electrons. The number of rotatable bonds is 8. The number of hydrogen-bond acceptors (Lipinski definition) is 5. The average molecular weight is 627 g/mol. The quantitative estimate of drug-likeness (QED) is 0.130. The highest BCUT2D eigenvalue weighted by Gasteiger charge is 2.25. The number of thiophene rings is 1. The van der Waals surface area contributed by atoms with Gasteiger partial charge in [-0.3, -0.25) is 9.59 Å². The smallest absolute Gasteiger partial charge is 0.195 e. The average Bonchev–Trinajstić information content (AvgIpc) is 3.54. The van der Waals surface area contributed by atoms with Crippen LogP contribution in [0.3, 0.4) is 0 Å². The van der Waals surface area contributed by atoms with Gasteiger partial charge in [0.15, 0.2) is 11.6 Å². The maximum absolute atomic E-state index is 13.7. The maximum atomic E-state index is 13.7. The van der Waals surface area contributed by atoms with Gasteiger partial charge in [-0.25, -0.2) is 0 Å². The van der Waals surface area contributed by atoms with Gasteiger partial charge in [0.2, 0.25) is 0 Å². The van der Waals surface area contributed by atoms with Crippen molar-refractivity contribution in [3.63, 3.8) is 0 Å². The lowest BCUT2D eigenvalue weighted by molar-refractivity contribution is 0.103. The van der Waals surface area contributed by atoms with Crippen LogP contribution >= 0.6 is 11.3 Å². The first-order valence-corrected chi connectivity index (χ1v) is 16.1. The van der Waals surface area contributed by atoms with Gasteiger partial charge < -0.3 is 11.5 Å². The van der Waals surface area contributed by atoms with E-state index in [0.29, 0.717) is 33.6 Å². The van der Waals surface area contributed by atoms with E-state index < -0.39 is 0 Å². The van der Waals surface area contributed by atoms with Crippen LogP contribution in [0, 0.1) is 0 Å². The SMILES string of the molecule is Nc1ccc(-c2sc(-c3ccc(N)c(C(=O)c4ccccc4)c3)c(-c3ccccc3)c2-c2ccccc2)cc1C(=O)c1ccccc1. The third kappa shape index (κ3) is 5.76. The van der Waals surface area contributed by atoms with E-state index in [9.17, 15) is 9.59 Å². The normalized spacial score (nSPS) is 10.9. The molecule has 0 saturated heterocycles. The van der Waals surface area contributed by atoms with Crippen molar-refractivity contribution >= 4 is 34.3 Å². The lowest BCUT2D eigenvalue weighted by Gasteiger charge is -2.13. The molecule has 7 rings (SSSR count). The fraction of sp³-hybridized carbons (Fsp3) is 0. The Labute approximate surface area is 277 Å². The molecule has 0 unspecified atom stereocenters. The second-order valence-electron chi connectivity index (χ2n) is 11.2. The fourth-order valence-electron chi connectivity index (χ4n) is 5.88. The zero-order valence-electron chi connectivity index (χ0n) is 25.4. The highest BCUT2D eigenvalue weighted by Crippen LogP contribution is 2.52. The third-order valence-electron chi connectivity index (χ3n) is 8.23. The van der Waals surface area contributed by atoms with Gasteiger partial charge in [0, 0.05) is 54.5 Å². The molecule has 0 fully saturated rings. The van der Waals surface area contributed by atoms with Crippen LogP contribution in [0.1, 0.15) is 31.8 Å². The summed E-state index contributed by atoms with van der Waals surface area (Å²) in [5, 5.41) is 0. The van der Waals surface area contributed by atoms with Gasteiger partial charge in [-0.15, -0.1) is 11.3 Å². The summed E-state index contributed by atoms with van der Waals surface area (Å²) in [5.74, 6) is -0.261. The summed E-state index contributed by atoms with van der Waals surface area (Å²) in [5.41, 5.74) is 21.6. The van der Waals surface area contributed by atoms with Crippen LogP contribution in [0.15, 0.2) is 158 Å². The van der Waals surface area contributed by atoms with E-state index in [1.807, 2.05) is 109 Å². The Morgan fingerprint density at radius 1 is 0.404 bits per heavy atom. The summed E-state index contributed by atoms with van der Waals surface area (Å²) in [6.07, 6.45) is 0. The Bertz CT molecular complexity index is 2070. The minimum Gasteiger partial charge on any atom is -0.398 e. The number of benzene rings is 6. The highest BCUT2D eigenvalue weighted by atomic mass is 32.1. The zero-order chi connectivity index (χ0) is 32.3. The number of nitrogen functional groups attached to an aromatic ring is 2. The molecule has 47 heavy (non-hydrogen) atoms. The monoisotopic (exact) mass is 626 g/mol. The van der Waals surface area contributed by atoms with Crippen molar-refractivity contribution in [2.24, 2.45) is 0 Å². The van der Waals surface area contributed by atoms with Gasteiger partial charge in [0.1, 0.15) is 0 Å². The summed E-state index contributed by atoms with van der Waals surface area (Å²) >= 11 is 1.62. The second kappa shape index (κ2) is 12.8. The van der Waals surface area contributed by atoms with Crippen molar-refractivity contribution in [3.8, 4) is 43.1 Å². The largest absolute Gasteiger partial charge is 0.398 e. The number of anilines is 2. The summed E-state index contributed by atoms with van der Waals surface area (Å²) in [6, 6.07) is 50.2. The second-order valence-corrected chi connectivity index (χ2v) is 12.3. The number of ketones is 2. The van der Waals surface area contributed by atoms with Crippen LogP contribution in [-0.2, 0) is 0 Å². The summed E-state index contributed by atoms with van der Waals surface area (Å²) in [7, 11) is 0. The van der Waals surface area contributed by atoms with Crippen LogP contribution < -0.4 is 11.5 Å². The molecule has 0 aliphatic rings. The van der Waals surface area contributed by atoms with E-state index in [1.165, 1.54) is 0 Å². The van der Waals surface area contributed by atoms with Crippen molar-refractivity contribution in [1.29, 1.82) is 0 Å². The lowest BCUT2D eigenvalue weighted by atomic mass is 9.90. The third-order valence-corrected chi connectivity index (χ3v) is 9.51. The molecular formula is C42H30N2O2S. The van der Waals surface area contributed by atoms with E-state index >= 15 is 0 Å².